The molecule has 0 saturated heterocycles. The summed E-state index contributed by atoms with van der Waals surface area (Å²) in [6.45, 7) is 0. The van der Waals surface area contributed by atoms with Crippen molar-refractivity contribution >= 4 is 98.3 Å². The Balaban J connectivity index is 1.38. The van der Waals surface area contributed by atoms with Gasteiger partial charge in [0.2, 0.25) is 0 Å². The van der Waals surface area contributed by atoms with Gasteiger partial charge in [0.05, 0.1) is 11.4 Å². The maximum Gasteiger partial charge on any atom is 0.0540 e. The van der Waals surface area contributed by atoms with Gasteiger partial charge in [0.1, 0.15) is 0 Å². The molecule has 222 valence electrons. The third kappa shape index (κ3) is 5.02. The van der Waals surface area contributed by atoms with Crippen LogP contribution in [0.2, 0.25) is 0 Å². The minimum atomic E-state index is 0.834. The van der Waals surface area contributed by atoms with Gasteiger partial charge in [-0.1, -0.05) is 129 Å². The van der Waals surface area contributed by atoms with Crippen molar-refractivity contribution in [1.82, 2.24) is 0 Å². The number of para-hydroxylation sites is 2. The van der Waals surface area contributed by atoms with Gasteiger partial charge in [-0.3, -0.25) is 0 Å². The Morgan fingerprint density at radius 1 is 0.348 bits per heavy atom. The Morgan fingerprint density at radius 3 is 1.07 bits per heavy atom. The molecule has 0 aliphatic rings. The maximum absolute atomic E-state index is 3.61. The van der Waals surface area contributed by atoms with Gasteiger partial charge in [-0.15, -0.1) is 0 Å². The number of hydrogen-bond acceptors (Lipinski definition) is 2. The zero-order valence-electron chi connectivity index (χ0n) is 25.1. The molecule has 0 fully saturated rings. The fourth-order valence-corrected chi connectivity index (χ4v) is 7.38. The Morgan fingerprint density at radius 2 is 0.696 bits per heavy atom. The average Bonchev–Trinajstić information content (AvgIpc) is 3.13. The fourth-order valence-electron chi connectivity index (χ4n) is 6.64. The first-order valence-electron chi connectivity index (χ1n) is 15.4. The lowest BCUT2D eigenvalue weighted by atomic mass is 9.91. The molecule has 0 spiro atoms. The van der Waals surface area contributed by atoms with Gasteiger partial charge in [0.15, 0.2) is 0 Å². The third-order valence-electron chi connectivity index (χ3n) is 8.83. The number of nitrogens with zero attached hydrogens (tertiary/aromatic N) is 2. The second-order valence-corrected chi connectivity index (χ2v) is 12.7. The number of anilines is 6. The highest BCUT2D eigenvalue weighted by atomic mass is 79.9. The lowest BCUT2D eigenvalue weighted by molar-refractivity contribution is 1.28. The lowest BCUT2D eigenvalue weighted by Crippen LogP contribution is -2.11. The molecule has 8 aromatic rings. The van der Waals surface area contributed by atoms with E-state index in [1.807, 2.05) is 0 Å². The first-order valence-corrected chi connectivity index (χ1v) is 17.7. The van der Waals surface area contributed by atoms with Crippen molar-refractivity contribution in [3.63, 3.8) is 0 Å². The molecule has 0 saturated carbocycles. The molecule has 2 nitrogen and oxygen atoms in total. The van der Waals surface area contributed by atoms with Gasteiger partial charge in [0, 0.05) is 44.2 Å². The zero-order chi connectivity index (χ0) is 31.0. The molecule has 0 amide bonds. The van der Waals surface area contributed by atoms with Gasteiger partial charge in [0.25, 0.3) is 0 Å². The molecule has 46 heavy (non-hydrogen) atoms. The molecule has 4 heteroatoms. The van der Waals surface area contributed by atoms with Crippen molar-refractivity contribution < 1.29 is 0 Å². The first-order chi connectivity index (χ1) is 22.7. The van der Waals surface area contributed by atoms with Crippen molar-refractivity contribution in [3.05, 3.63) is 169 Å². The summed E-state index contributed by atoms with van der Waals surface area (Å²) in [5.41, 5.74) is 9.36. The van der Waals surface area contributed by atoms with E-state index < -0.39 is 0 Å². The SMILES string of the molecule is BrCc1ccc(N(c2ccccc2)c2ccc3ccc4c(N(c5ccccc5)c5ccc(CBr)cc5)ccc5ccc2c3c54)cc1. The summed E-state index contributed by atoms with van der Waals surface area (Å²) >= 11 is 7.22. The van der Waals surface area contributed by atoms with E-state index in [-0.39, 0.29) is 0 Å². The Hall–Kier alpha value is -4.64. The summed E-state index contributed by atoms with van der Waals surface area (Å²) < 4.78 is 0. The zero-order valence-corrected chi connectivity index (χ0v) is 28.2. The summed E-state index contributed by atoms with van der Waals surface area (Å²) in [5.74, 6) is 0. The predicted molar refractivity (Wildman–Crippen MR) is 205 cm³/mol. The molecular weight excluding hydrogens is 692 g/mol. The van der Waals surface area contributed by atoms with Crippen LogP contribution in [0.4, 0.5) is 34.1 Å². The smallest absolute Gasteiger partial charge is 0.0540 e. The summed E-state index contributed by atoms with van der Waals surface area (Å²) in [6.07, 6.45) is 0. The molecule has 0 heterocycles. The highest BCUT2D eigenvalue weighted by molar-refractivity contribution is 9.08. The normalized spacial score (nSPS) is 11.4. The van der Waals surface area contributed by atoms with Crippen molar-refractivity contribution in [1.29, 1.82) is 0 Å². The van der Waals surface area contributed by atoms with Crippen LogP contribution in [0.3, 0.4) is 0 Å². The number of halogens is 2. The topological polar surface area (TPSA) is 6.48 Å². The fraction of sp³-hybridized carbons (Fsp3) is 0.0476. The number of alkyl halides is 2. The molecule has 0 radical (unpaired) electrons. The summed E-state index contributed by atoms with van der Waals surface area (Å²) in [4.78, 5) is 4.76. The van der Waals surface area contributed by atoms with Crippen LogP contribution in [0.1, 0.15) is 11.1 Å². The van der Waals surface area contributed by atoms with E-state index in [2.05, 4.69) is 199 Å². The van der Waals surface area contributed by atoms with E-state index >= 15 is 0 Å². The van der Waals surface area contributed by atoms with Crippen LogP contribution in [0.25, 0.3) is 32.3 Å². The third-order valence-corrected chi connectivity index (χ3v) is 10.1. The maximum atomic E-state index is 3.61. The van der Waals surface area contributed by atoms with E-state index in [1.54, 1.807) is 0 Å². The van der Waals surface area contributed by atoms with E-state index in [9.17, 15) is 0 Å². The Kier molecular flexibility index (Phi) is 7.69. The summed E-state index contributed by atoms with van der Waals surface area (Å²) in [6, 6.07) is 57.3. The standard InChI is InChI=1S/C42H30Br2N2/c43-27-29-11-19-35(20-12-29)45(33-7-3-1-4-8-33)39-25-17-31-16-24-38-40(26-18-32-15-23-37(39)41(31)42(32)38)46(34-9-5-2-6-10-34)36-21-13-30(28-44)14-22-36/h1-26H,27-28H2. The molecule has 0 aliphatic carbocycles. The number of benzene rings is 8. The molecule has 0 aliphatic heterocycles. The van der Waals surface area contributed by atoms with Crippen LogP contribution in [-0.4, -0.2) is 0 Å². The molecule has 0 aromatic heterocycles. The molecule has 8 rings (SSSR count). The lowest BCUT2D eigenvalue weighted by Gasteiger charge is -2.29. The Labute approximate surface area is 286 Å². The first kappa shape index (κ1) is 28.8. The van der Waals surface area contributed by atoms with Crippen LogP contribution < -0.4 is 9.80 Å². The van der Waals surface area contributed by atoms with Crippen LogP contribution in [-0.2, 0) is 10.7 Å². The molecule has 0 N–H and O–H groups in total. The van der Waals surface area contributed by atoms with Crippen molar-refractivity contribution in [2.24, 2.45) is 0 Å². The van der Waals surface area contributed by atoms with E-state index in [0.717, 1.165) is 44.8 Å². The second-order valence-electron chi connectivity index (χ2n) is 11.5. The van der Waals surface area contributed by atoms with E-state index in [0.29, 0.717) is 0 Å². The van der Waals surface area contributed by atoms with Gasteiger partial charge in [-0.2, -0.15) is 0 Å². The van der Waals surface area contributed by atoms with Gasteiger partial charge < -0.3 is 9.80 Å². The Bertz CT molecular complexity index is 2100. The van der Waals surface area contributed by atoms with Crippen molar-refractivity contribution in [2.45, 2.75) is 10.7 Å². The van der Waals surface area contributed by atoms with Crippen molar-refractivity contribution in [2.75, 3.05) is 9.80 Å². The molecule has 0 atom stereocenters. The van der Waals surface area contributed by atoms with E-state index in [4.69, 9.17) is 0 Å². The van der Waals surface area contributed by atoms with E-state index in [1.165, 1.54) is 43.4 Å². The molecule has 8 aromatic carbocycles. The van der Waals surface area contributed by atoms with Crippen molar-refractivity contribution in [3.8, 4) is 0 Å². The average molecular weight is 723 g/mol. The highest BCUT2D eigenvalue weighted by Crippen LogP contribution is 2.47. The molecular formula is C42H30Br2N2. The largest absolute Gasteiger partial charge is 0.310 e. The van der Waals surface area contributed by atoms with Gasteiger partial charge in [-0.25, -0.2) is 0 Å². The van der Waals surface area contributed by atoms with Crippen LogP contribution in [0.15, 0.2) is 158 Å². The number of hydrogen-bond donors (Lipinski definition) is 0. The number of rotatable bonds is 8. The monoisotopic (exact) mass is 720 g/mol. The minimum Gasteiger partial charge on any atom is -0.310 e. The quantitative estimate of drug-likeness (QED) is 0.114. The van der Waals surface area contributed by atoms with Gasteiger partial charge in [-0.05, 0) is 93.3 Å². The minimum absolute atomic E-state index is 0.834. The summed E-state index contributed by atoms with van der Waals surface area (Å²) in [5, 5.41) is 9.18. The molecule has 0 unspecified atom stereocenters. The highest BCUT2D eigenvalue weighted by Gasteiger charge is 2.21. The second kappa shape index (κ2) is 12.3. The van der Waals surface area contributed by atoms with Crippen LogP contribution in [0.5, 0.6) is 0 Å². The van der Waals surface area contributed by atoms with Crippen LogP contribution >= 0.6 is 31.9 Å². The summed E-state index contributed by atoms with van der Waals surface area (Å²) in [7, 11) is 0. The molecule has 0 bridgehead atoms. The predicted octanol–water partition coefficient (Wildman–Crippen LogP) is 13.3. The van der Waals surface area contributed by atoms with Crippen LogP contribution in [0, 0.1) is 0 Å². The van der Waals surface area contributed by atoms with Gasteiger partial charge >= 0.3 is 0 Å².